The van der Waals surface area contributed by atoms with Gasteiger partial charge < -0.3 is 10.9 Å². The van der Waals surface area contributed by atoms with E-state index in [0.29, 0.717) is 6.61 Å². The maximum Gasteiger partial charge on any atom is 0.128 e. The summed E-state index contributed by atoms with van der Waals surface area (Å²) in [7, 11) is 0. The van der Waals surface area contributed by atoms with Crippen LogP contribution in [0.5, 0.6) is 0 Å². The molecular formula is C4H13Cl2NO. The first-order valence-corrected chi connectivity index (χ1v) is 2.46. The van der Waals surface area contributed by atoms with Crippen molar-refractivity contribution in [2.45, 2.75) is 19.4 Å². The quantitative estimate of drug-likeness (QED) is 0.632. The average molecular weight is 162 g/mol. The Bertz CT molecular complexity index is 35.2. The first kappa shape index (κ1) is 15.8. The standard InChI is InChI=1S/C4H9ClO.ClH.H3N/c1-3-6-4(2)5;;/h4H,3H2,1-2H3;1H;1H3. The number of hydrogen-bond acceptors (Lipinski definition) is 2. The Labute approximate surface area is 61.5 Å². The fraction of sp³-hybridized carbons (Fsp3) is 1.00. The van der Waals surface area contributed by atoms with Crippen LogP contribution in [0.2, 0.25) is 0 Å². The van der Waals surface area contributed by atoms with Gasteiger partial charge in [0.15, 0.2) is 0 Å². The molecule has 3 N–H and O–H groups in total. The summed E-state index contributed by atoms with van der Waals surface area (Å²) in [5, 5.41) is 0. The summed E-state index contributed by atoms with van der Waals surface area (Å²) in [4.78, 5) is 0. The average Bonchev–Trinajstić information content (AvgIpc) is 1.35. The van der Waals surface area contributed by atoms with Crippen molar-refractivity contribution in [3.05, 3.63) is 0 Å². The minimum atomic E-state index is -0.130. The zero-order chi connectivity index (χ0) is 4.99. The van der Waals surface area contributed by atoms with Crippen LogP contribution in [0.1, 0.15) is 13.8 Å². The van der Waals surface area contributed by atoms with E-state index >= 15 is 0 Å². The molecule has 0 amide bonds. The van der Waals surface area contributed by atoms with Gasteiger partial charge in [0.25, 0.3) is 0 Å². The van der Waals surface area contributed by atoms with Gasteiger partial charge in [-0.25, -0.2) is 0 Å². The third-order valence-corrected chi connectivity index (χ3v) is 0.522. The maximum absolute atomic E-state index is 5.36. The maximum atomic E-state index is 5.36. The first-order valence-electron chi connectivity index (χ1n) is 2.03. The minimum absolute atomic E-state index is 0. The van der Waals surface area contributed by atoms with Crippen molar-refractivity contribution < 1.29 is 4.74 Å². The Morgan fingerprint density at radius 3 is 2.00 bits per heavy atom. The SMILES string of the molecule is CCOC(C)Cl.Cl.N. The zero-order valence-electron chi connectivity index (χ0n) is 5.19. The van der Waals surface area contributed by atoms with E-state index in [9.17, 15) is 0 Å². The van der Waals surface area contributed by atoms with Crippen molar-refractivity contribution in [3.63, 3.8) is 0 Å². The van der Waals surface area contributed by atoms with E-state index in [4.69, 9.17) is 16.3 Å². The van der Waals surface area contributed by atoms with Crippen molar-refractivity contribution in [2.75, 3.05) is 6.61 Å². The van der Waals surface area contributed by atoms with Crippen LogP contribution in [0.15, 0.2) is 0 Å². The molecule has 4 heteroatoms. The number of rotatable bonds is 2. The molecule has 0 aliphatic heterocycles. The lowest BCUT2D eigenvalue weighted by Crippen LogP contribution is -1.96. The second-order valence-electron chi connectivity index (χ2n) is 0.998. The lowest BCUT2D eigenvalue weighted by atomic mass is 10.8. The summed E-state index contributed by atoms with van der Waals surface area (Å²) in [6, 6.07) is 0. The Morgan fingerprint density at radius 2 is 2.00 bits per heavy atom. The molecule has 0 aromatic carbocycles. The van der Waals surface area contributed by atoms with Gasteiger partial charge in [0.1, 0.15) is 5.56 Å². The van der Waals surface area contributed by atoms with Crippen molar-refractivity contribution in [2.24, 2.45) is 0 Å². The normalized spacial score (nSPS) is 10.9. The van der Waals surface area contributed by atoms with Crippen LogP contribution in [0, 0.1) is 0 Å². The molecule has 0 bridgehead atoms. The van der Waals surface area contributed by atoms with E-state index in [2.05, 4.69) is 0 Å². The molecule has 1 unspecified atom stereocenters. The summed E-state index contributed by atoms with van der Waals surface area (Å²) in [5.41, 5.74) is -0.130. The molecule has 0 saturated heterocycles. The second kappa shape index (κ2) is 10.5. The fourth-order valence-electron chi connectivity index (χ4n) is 0.230. The summed E-state index contributed by atoms with van der Waals surface area (Å²) in [5.74, 6) is 0. The van der Waals surface area contributed by atoms with E-state index in [-0.39, 0.29) is 24.1 Å². The van der Waals surface area contributed by atoms with Crippen molar-refractivity contribution >= 4 is 24.0 Å². The van der Waals surface area contributed by atoms with Gasteiger partial charge in [-0.15, -0.1) is 12.4 Å². The predicted octanol–water partition coefficient (Wildman–Crippen LogP) is 2.19. The fourth-order valence-corrected chi connectivity index (χ4v) is 0.356. The highest BCUT2D eigenvalue weighted by molar-refractivity contribution is 6.19. The van der Waals surface area contributed by atoms with Crippen LogP contribution in [0.3, 0.4) is 0 Å². The Hall–Kier alpha value is 0.500. The molecular weight excluding hydrogens is 149 g/mol. The van der Waals surface area contributed by atoms with Gasteiger partial charge in [-0.1, -0.05) is 11.6 Å². The molecule has 54 valence electrons. The van der Waals surface area contributed by atoms with Gasteiger partial charge in [0, 0.05) is 6.61 Å². The van der Waals surface area contributed by atoms with E-state index in [1.54, 1.807) is 6.92 Å². The summed E-state index contributed by atoms with van der Waals surface area (Å²) >= 11 is 5.36. The van der Waals surface area contributed by atoms with Crippen molar-refractivity contribution in [3.8, 4) is 0 Å². The van der Waals surface area contributed by atoms with Crippen molar-refractivity contribution in [1.29, 1.82) is 0 Å². The Balaban J connectivity index is -0.000000125. The second-order valence-corrected chi connectivity index (χ2v) is 1.61. The molecule has 0 rings (SSSR count). The van der Waals surface area contributed by atoms with Gasteiger partial charge in [0.2, 0.25) is 0 Å². The molecule has 0 spiro atoms. The van der Waals surface area contributed by atoms with Gasteiger partial charge in [-0.05, 0) is 13.8 Å². The van der Waals surface area contributed by atoms with Crippen LogP contribution in [0.25, 0.3) is 0 Å². The Kier molecular flexibility index (Phi) is 20.7. The molecule has 0 aliphatic carbocycles. The highest BCUT2D eigenvalue weighted by atomic mass is 35.5. The molecule has 1 atom stereocenters. The molecule has 8 heavy (non-hydrogen) atoms. The van der Waals surface area contributed by atoms with Crippen LogP contribution in [0.4, 0.5) is 0 Å². The topological polar surface area (TPSA) is 44.2 Å². The number of alkyl halides is 1. The van der Waals surface area contributed by atoms with E-state index in [0.717, 1.165) is 0 Å². The van der Waals surface area contributed by atoms with Crippen molar-refractivity contribution in [1.82, 2.24) is 6.15 Å². The smallest absolute Gasteiger partial charge is 0.128 e. The van der Waals surface area contributed by atoms with Gasteiger partial charge >= 0.3 is 0 Å². The van der Waals surface area contributed by atoms with Gasteiger partial charge in [-0.2, -0.15) is 0 Å². The third-order valence-electron chi connectivity index (χ3n) is 0.396. The van der Waals surface area contributed by atoms with Crippen LogP contribution < -0.4 is 6.15 Å². The molecule has 0 heterocycles. The highest BCUT2D eigenvalue weighted by Gasteiger charge is 1.86. The number of ether oxygens (including phenoxy) is 1. The van der Waals surface area contributed by atoms with Crippen LogP contribution in [-0.2, 0) is 4.74 Å². The summed E-state index contributed by atoms with van der Waals surface area (Å²) in [6.07, 6.45) is 0. The van der Waals surface area contributed by atoms with Crippen LogP contribution in [-0.4, -0.2) is 12.2 Å². The third kappa shape index (κ3) is 16.1. The van der Waals surface area contributed by atoms with E-state index in [1.165, 1.54) is 0 Å². The summed E-state index contributed by atoms with van der Waals surface area (Å²) in [6.45, 7) is 4.41. The number of hydrogen-bond donors (Lipinski definition) is 1. The highest BCUT2D eigenvalue weighted by Crippen LogP contribution is 1.92. The molecule has 0 aromatic rings. The molecule has 0 radical (unpaired) electrons. The molecule has 2 nitrogen and oxygen atoms in total. The zero-order valence-corrected chi connectivity index (χ0v) is 6.76. The van der Waals surface area contributed by atoms with Gasteiger partial charge in [0.05, 0.1) is 0 Å². The predicted molar refractivity (Wildman–Crippen MR) is 39.2 cm³/mol. The van der Waals surface area contributed by atoms with E-state index < -0.39 is 0 Å². The first-order chi connectivity index (χ1) is 2.77. The largest absolute Gasteiger partial charge is 0.363 e. The van der Waals surface area contributed by atoms with Crippen LogP contribution >= 0.6 is 24.0 Å². The molecule has 0 fully saturated rings. The van der Waals surface area contributed by atoms with E-state index in [1.807, 2.05) is 6.92 Å². The molecule has 0 aliphatic rings. The lowest BCUT2D eigenvalue weighted by Gasteiger charge is -1.97. The lowest BCUT2D eigenvalue weighted by molar-refractivity contribution is 0.132. The Morgan fingerprint density at radius 1 is 1.62 bits per heavy atom. The van der Waals surface area contributed by atoms with Gasteiger partial charge in [-0.3, -0.25) is 0 Å². The molecule has 0 aromatic heterocycles. The summed E-state index contributed by atoms with van der Waals surface area (Å²) < 4.78 is 4.81. The minimum Gasteiger partial charge on any atom is -0.363 e. The molecule has 0 saturated carbocycles. The monoisotopic (exact) mass is 161 g/mol. The number of halogens is 2.